The molecule has 0 saturated carbocycles. The number of benzene rings is 1. The molecule has 1 aromatic carbocycles. The number of hydrogen-bond acceptors (Lipinski definition) is 4. The maximum Gasteiger partial charge on any atom is 0.304 e. The third kappa shape index (κ3) is 3.72. The van der Waals surface area contributed by atoms with Gasteiger partial charge in [-0.05, 0) is 18.6 Å². The van der Waals surface area contributed by atoms with Crippen molar-refractivity contribution < 1.29 is 14.1 Å². The standard InChI is InChI=1S/C14H17FN2O3S/c1-14(2)5-6-16(7-8-21-14)13(18)10-3-4-12(17(19)20)11(15)9-10/h3-4,9H,5-8H2,1-2H3. The number of halogens is 1. The van der Waals surface area contributed by atoms with Gasteiger partial charge in [-0.2, -0.15) is 16.2 Å². The van der Waals surface area contributed by atoms with Crippen LogP contribution in [-0.2, 0) is 0 Å². The van der Waals surface area contributed by atoms with Crippen LogP contribution in [0.4, 0.5) is 10.1 Å². The van der Waals surface area contributed by atoms with E-state index in [-0.39, 0.29) is 16.2 Å². The van der Waals surface area contributed by atoms with E-state index in [2.05, 4.69) is 13.8 Å². The second-order valence-electron chi connectivity index (χ2n) is 5.57. The van der Waals surface area contributed by atoms with Crippen LogP contribution in [0.15, 0.2) is 18.2 Å². The van der Waals surface area contributed by atoms with Crippen molar-refractivity contribution in [3.8, 4) is 0 Å². The number of nitro benzene ring substituents is 1. The minimum Gasteiger partial charge on any atom is -0.338 e. The van der Waals surface area contributed by atoms with Crippen LogP contribution in [0.25, 0.3) is 0 Å². The van der Waals surface area contributed by atoms with Crippen molar-refractivity contribution in [1.29, 1.82) is 0 Å². The summed E-state index contributed by atoms with van der Waals surface area (Å²) in [6.07, 6.45) is 0.860. The number of hydrogen-bond donors (Lipinski definition) is 0. The molecule has 1 amide bonds. The topological polar surface area (TPSA) is 63.5 Å². The third-order valence-electron chi connectivity index (χ3n) is 3.52. The van der Waals surface area contributed by atoms with E-state index < -0.39 is 16.4 Å². The first-order valence-electron chi connectivity index (χ1n) is 6.67. The highest BCUT2D eigenvalue weighted by atomic mass is 32.2. The Hall–Kier alpha value is -1.63. The Labute approximate surface area is 126 Å². The van der Waals surface area contributed by atoms with Gasteiger partial charge in [0.25, 0.3) is 5.91 Å². The predicted molar refractivity (Wildman–Crippen MR) is 80.1 cm³/mol. The number of nitro groups is 1. The van der Waals surface area contributed by atoms with Gasteiger partial charge in [0.15, 0.2) is 0 Å². The summed E-state index contributed by atoms with van der Waals surface area (Å²) in [7, 11) is 0. The van der Waals surface area contributed by atoms with Crippen molar-refractivity contribution in [3.63, 3.8) is 0 Å². The van der Waals surface area contributed by atoms with Crippen LogP contribution in [0.1, 0.15) is 30.6 Å². The second-order valence-corrected chi connectivity index (χ2v) is 7.38. The molecule has 1 heterocycles. The molecule has 1 aromatic rings. The van der Waals surface area contributed by atoms with Crippen LogP contribution in [0, 0.1) is 15.9 Å². The van der Waals surface area contributed by atoms with Crippen LogP contribution in [0.5, 0.6) is 0 Å². The summed E-state index contributed by atoms with van der Waals surface area (Å²) in [5, 5.41) is 10.6. The molecule has 0 bridgehead atoms. The van der Waals surface area contributed by atoms with E-state index in [1.807, 2.05) is 11.8 Å². The van der Waals surface area contributed by atoms with Gasteiger partial charge >= 0.3 is 5.69 Å². The average Bonchev–Trinajstić information content (AvgIpc) is 2.58. The molecule has 0 N–H and O–H groups in total. The predicted octanol–water partition coefficient (Wildman–Crippen LogP) is 3.09. The van der Waals surface area contributed by atoms with Gasteiger partial charge in [0.05, 0.1) is 4.92 Å². The molecule has 0 radical (unpaired) electrons. The van der Waals surface area contributed by atoms with E-state index >= 15 is 0 Å². The summed E-state index contributed by atoms with van der Waals surface area (Å²) in [6.45, 7) is 5.48. The normalized spacial score (nSPS) is 18.1. The van der Waals surface area contributed by atoms with E-state index in [4.69, 9.17) is 0 Å². The number of nitrogens with zero attached hydrogens (tertiary/aromatic N) is 2. The van der Waals surface area contributed by atoms with Crippen LogP contribution in [-0.4, -0.2) is 39.3 Å². The monoisotopic (exact) mass is 312 g/mol. The Morgan fingerprint density at radius 2 is 2.14 bits per heavy atom. The summed E-state index contributed by atoms with van der Waals surface area (Å²) in [6, 6.07) is 3.30. The quantitative estimate of drug-likeness (QED) is 0.622. The molecule has 0 aromatic heterocycles. The zero-order valence-electron chi connectivity index (χ0n) is 12.0. The van der Waals surface area contributed by atoms with Gasteiger partial charge in [0, 0.05) is 35.2 Å². The van der Waals surface area contributed by atoms with Crippen molar-refractivity contribution in [2.75, 3.05) is 18.8 Å². The van der Waals surface area contributed by atoms with Gasteiger partial charge in [-0.25, -0.2) is 0 Å². The minimum atomic E-state index is -0.977. The van der Waals surface area contributed by atoms with Gasteiger partial charge in [-0.3, -0.25) is 14.9 Å². The highest BCUT2D eigenvalue weighted by Crippen LogP contribution is 2.31. The maximum atomic E-state index is 13.6. The highest BCUT2D eigenvalue weighted by Gasteiger charge is 2.27. The number of carbonyl (C=O) groups is 1. The van der Waals surface area contributed by atoms with Crippen molar-refractivity contribution in [2.45, 2.75) is 25.0 Å². The molecule has 7 heteroatoms. The summed E-state index contributed by atoms with van der Waals surface area (Å²) in [4.78, 5) is 23.9. The molecule has 5 nitrogen and oxygen atoms in total. The molecule has 114 valence electrons. The fourth-order valence-electron chi connectivity index (χ4n) is 2.19. The number of thioether (sulfide) groups is 1. The molecule has 1 fully saturated rings. The largest absolute Gasteiger partial charge is 0.338 e. The molecular weight excluding hydrogens is 295 g/mol. The van der Waals surface area contributed by atoms with Crippen LogP contribution < -0.4 is 0 Å². The lowest BCUT2D eigenvalue weighted by Gasteiger charge is -2.22. The Kier molecular flexibility index (Phi) is 4.51. The lowest BCUT2D eigenvalue weighted by molar-refractivity contribution is -0.387. The zero-order chi connectivity index (χ0) is 15.6. The lowest BCUT2D eigenvalue weighted by atomic mass is 10.1. The second kappa shape index (κ2) is 6.01. The van der Waals surface area contributed by atoms with Crippen molar-refractivity contribution in [1.82, 2.24) is 4.90 Å². The van der Waals surface area contributed by atoms with Crippen LogP contribution in [0.2, 0.25) is 0 Å². The number of rotatable bonds is 2. The van der Waals surface area contributed by atoms with Crippen LogP contribution >= 0.6 is 11.8 Å². The van der Waals surface area contributed by atoms with E-state index in [9.17, 15) is 19.3 Å². The molecular formula is C14H17FN2O3S. The van der Waals surface area contributed by atoms with E-state index in [1.165, 1.54) is 6.07 Å². The molecule has 0 atom stereocenters. The van der Waals surface area contributed by atoms with Gasteiger partial charge in [-0.1, -0.05) is 13.8 Å². The average molecular weight is 312 g/mol. The number of amides is 1. The smallest absolute Gasteiger partial charge is 0.304 e. The molecule has 0 unspecified atom stereocenters. The molecule has 1 aliphatic heterocycles. The molecule has 0 aliphatic carbocycles. The Balaban J connectivity index is 2.16. The fourth-order valence-corrected chi connectivity index (χ4v) is 3.29. The molecule has 0 spiro atoms. The number of carbonyl (C=O) groups excluding carboxylic acids is 1. The summed E-state index contributed by atoms with van der Waals surface area (Å²) < 4.78 is 13.7. The van der Waals surface area contributed by atoms with E-state index in [0.29, 0.717) is 13.1 Å². The fraction of sp³-hybridized carbons (Fsp3) is 0.500. The van der Waals surface area contributed by atoms with E-state index in [0.717, 1.165) is 24.3 Å². The highest BCUT2D eigenvalue weighted by molar-refractivity contribution is 8.00. The lowest BCUT2D eigenvalue weighted by Crippen LogP contribution is -2.33. The molecule has 1 aliphatic rings. The van der Waals surface area contributed by atoms with Gasteiger partial charge in [-0.15, -0.1) is 0 Å². The van der Waals surface area contributed by atoms with Crippen molar-refractivity contribution >= 4 is 23.4 Å². The SMILES string of the molecule is CC1(C)CCN(C(=O)c2ccc([N+](=O)[O-])c(F)c2)CCS1. The van der Waals surface area contributed by atoms with E-state index in [1.54, 1.807) is 4.90 Å². The van der Waals surface area contributed by atoms with Crippen molar-refractivity contribution in [2.24, 2.45) is 0 Å². The first kappa shape index (κ1) is 15.8. The first-order valence-corrected chi connectivity index (χ1v) is 7.66. The molecule has 21 heavy (non-hydrogen) atoms. The first-order chi connectivity index (χ1) is 9.80. The van der Waals surface area contributed by atoms with Crippen LogP contribution in [0.3, 0.4) is 0 Å². The van der Waals surface area contributed by atoms with Gasteiger partial charge in [0.1, 0.15) is 0 Å². The maximum absolute atomic E-state index is 13.6. The van der Waals surface area contributed by atoms with Gasteiger partial charge < -0.3 is 4.90 Å². The summed E-state index contributed by atoms with van der Waals surface area (Å²) >= 11 is 1.81. The summed E-state index contributed by atoms with van der Waals surface area (Å²) in [5.74, 6) is -0.425. The Bertz CT molecular complexity index is 577. The molecule has 1 saturated heterocycles. The third-order valence-corrected chi connectivity index (χ3v) is 4.89. The summed E-state index contributed by atoms with van der Waals surface area (Å²) in [5.41, 5.74) is -0.457. The minimum absolute atomic E-state index is 0.121. The molecule has 2 rings (SSSR count). The zero-order valence-corrected chi connectivity index (χ0v) is 12.8. The van der Waals surface area contributed by atoms with Gasteiger partial charge in [0.2, 0.25) is 5.82 Å². The Morgan fingerprint density at radius 1 is 1.43 bits per heavy atom. The Morgan fingerprint density at radius 3 is 2.76 bits per heavy atom. The van der Waals surface area contributed by atoms with Crippen molar-refractivity contribution in [3.05, 3.63) is 39.7 Å².